The van der Waals surface area contributed by atoms with Crippen LogP contribution in [-0.2, 0) is 40.7 Å². The fourth-order valence-corrected chi connectivity index (χ4v) is 0.823. The van der Waals surface area contributed by atoms with Crippen LogP contribution in [0.25, 0.3) is 0 Å². The third kappa shape index (κ3) is 39.2. The summed E-state index contributed by atoms with van der Waals surface area (Å²) in [5.74, 6) is -2.78. The largest absolute Gasteiger partial charge is 3.00 e. The number of hydrogen-bond donors (Lipinski definition) is 4. The smallest absolute Gasteiger partial charge is 0.759 e. The molecule has 1 aliphatic rings. The summed E-state index contributed by atoms with van der Waals surface area (Å²) >= 11 is 0. The van der Waals surface area contributed by atoms with Gasteiger partial charge >= 0.3 is 58.4 Å². The van der Waals surface area contributed by atoms with Gasteiger partial charge in [-0.2, -0.15) is 0 Å². The maximum Gasteiger partial charge on any atom is 3.00 e. The molecular formula is C6H8Bi2O18S3. The first kappa shape index (κ1) is 39.6. The minimum absolute atomic E-state index is 0. The van der Waals surface area contributed by atoms with Gasteiger partial charge in [0.2, 0.25) is 5.76 Å². The number of carbonyl (C=O) groups excluding carboxylic acids is 1. The maximum atomic E-state index is 10.5. The van der Waals surface area contributed by atoms with Crippen LogP contribution in [0.4, 0.5) is 0 Å². The van der Waals surface area contributed by atoms with Gasteiger partial charge in [-0.3, -0.25) is 25.3 Å². The van der Waals surface area contributed by atoms with Crippen LogP contribution in [0.2, 0.25) is 0 Å². The number of ether oxygens (including phenoxy) is 1. The Morgan fingerprint density at radius 2 is 1.07 bits per heavy atom. The first-order valence-corrected chi connectivity index (χ1v) is 9.20. The molecule has 0 fully saturated rings. The minimum Gasteiger partial charge on any atom is -0.759 e. The van der Waals surface area contributed by atoms with Gasteiger partial charge in [-0.05, 0) is 0 Å². The van der Waals surface area contributed by atoms with E-state index in [0.29, 0.717) is 0 Å². The van der Waals surface area contributed by atoms with Crippen molar-refractivity contribution in [1.82, 2.24) is 0 Å². The Hall–Kier alpha value is 0.106. The van der Waals surface area contributed by atoms with Crippen LogP contribution in [0.5, 0.6) is 0 Å². The van der Waals surface area contributed by atoms with Crippen molar-refractivity contribution in [2.75, 3.05) is 6.61 Å². The van der Waals surface area contributed by atoms with Gasteiger partial charge in [-0.25, -0.2) is 4.79 Å². The average molecular weight is 882 g/mol. The molecule has 1 rings (SSSR count). The molecule has 1 aliphatic heterocycles. The van der Waals surface area contributed by atoms with Crippen LogP contribution in [0, 0.1) is 0 Å². The predicted octanol–water partition coefficient (Wildman–Crippen LogP) is -6.18. The molecule has 2 atom stereocenters. The van der Waals surface area contributed by atoms with Gasteiger partial charge in [0, 0.05) is 31.2 Å². The molecule has 0 aromatic rings. The van der Waals surface area contributed by atoms with Crippen LogP contribution in [-0.4, -0.2) is 150 Å². The van der Waals surface area contributed by atoms with Crippen molar-refractivity contribution >= 4 is 89.6 Å². The van der Waals surface area contributed by atoms with Crippen LogP contribution in [0.15, 0.2) is 11.5 Å². The molecule has 0 aromatic heterocycles. The Balaban J connectivity index is -0.0000000965. The molecule has 0 unspecified atom stereocenters. The SMILES string of the molecule is O=C1O[C@H]([C@@H](O)CO)C(O)=C1O.O=S(=O)([O-])[O-].O=S(=O)([O-])[O-].O=S(=O)([O-])[O-].[Bi+3].[Bi+3]. The molecule has 0 bridgehead atoms. The van der Waals surface area contributed by atoms with Crippen molar-refractivity contribution in [3.05, 3.63) is 11.5 Å². The monoisotopic (exact) mass is 882 g/mol. The molecule has 0 aromatic carbocycles. The minimum atomic E-state index is -5.17. The summed E-state index contributed by atoms with van der Waals surface area (Å²) in [6, 6.07) is 0. The molecule has 23 heteroatoms. The Kier molecular flexibility index (Phi) is 22.9. The normalized spacial score (nSPS) is 16.7. The molecule has 0 spiro atoms. The molecular weight excluding hydrogens is 874 g/mol. The van der Waals surface area contributed by atoms with E-state index in [2.05, 4.69) is 4.74 Å². The number of hydrogen-bond acceptors (Lipinski definition) is 18. The van der Waals surface area contributed by atoms with Gasteiger partial charge in [-0.15, -0.1) is 0 Å². The molecule has 29 heavy (non-hydrogen) atoms. The second-order valence-electron chi connectivity index (χ2n) is 3.53. The van der Waals surface area contributed by atoms with E-state index in [1.54, 1.807) is 0 Å². The van der Waals surface area contributed by atoms with Gasteiger partial charge in [-0.1, -0.05) is 0 Å². The molecule has 4 N–H and O–H groups in total. The van der Waals surface area contributed by atoms with Crippen molar-refractivity contribution in [2.45, 2.75) is 12.2 Å². The van der Waals surface area contributed by atoms with Crippen molar-refractivity contribution in [3.63, 3.8) is 0 Å². The molecule has 0 saturated heterocycles. The molecule has 0 saturated carbocycles. The number of aliphatic hydroxyl groups is 4. The van der Waals surface area contributed by atoms with Gasteiger partial charge in [0.1, 0.15) is 6.10 Å². The summed E-state index contributed by atoms with van der Waals surface area (Å²) in [5.41, 5.74) is 0. The number of carbonyl (C=O) groups is 1. The fraction of sp³-hybridized carbons (Fsp3) is 0.500. The standard InChI is InChI=1S/C6H8O6.2Bi.3H2O4S/c7-1-2(8)5-3(9)4(10)6(11)12-5;;;3*1-5(2,3)4/h2,5,7-10H,1H2;;;3*(H2,1,2,3,4)/q;2*+3;;;/p-6/t2-,5+;;;;;/m0...../s1. The van der Waals surface area contributed by atoms with E-state index in [-0.39, 0.29) is 52.4 Å². The zero-order valence-corrected chi connectivity index (χ0v) is 22.4. The fourth-order valence-electron chi connectivity index (χ4n) is 0.823. The molecule has 4 radical (unpaired) electrons. The second-order valence-corrected chi connectivity index (χ2v) is 5.98. The molecule has 18 nitrogen and oxygen atoms in total. The van der Waals surface area contributed by atoms with Crippen molar-refractivity contribution in [1.29, 1.82) is 0 Å². The summed E-state index contributed by atoms with van der Waals surface area (Å²) < 4.78 is 107. The van der Waals surface area contributed by atoms with E-state index >= 15 is 0 Å². The average Bonchev–Trinajstić information content (AvgIpc) is 2.60. The van der Waals surface area contributed by atoms with Crippen molar-refractivity contribution in [3.8, 4) is 0 Å². The van der Waals surface area contributed by atoms with Crippen LogP contribution in [0.3, 0.4) is 0 Å². The summed E-state index contributed by atoms with van der Waals surface area (Å²) in [6.07, 6.45) is -2.78. The maximum absolute atomic E-state index is 10.5. The first-order chi connectivity index (χ1) is 11.6. The Labute approximate surface area is 201 Å². The third-order valence-corrected chi connectivity index (χ3v) is 1.48. The van der Waals surface area contributed by atoms with Gasteiger partial charge in [0.05, 0.1) is 6.61 Å². The zero-order valence-electron chi connectivity index (χ0n) is 13.0. The van der Waals surface area contributed by atoms with Crippen LogP contribution in [0.1, 0.15) is 0 Å². The Morgan fingerprint density at radius 3 is 1.21 bits per heavy atom. The van der Waals surface area contributed by atoms with E-state index in [4.69, 9.17) is 73.0 Å². The third-order valence-electron chi connectivity index (χ3n) is 1.48. The van der Waals surface area contributed by atoms with Crippen LogP contribution >= 0.6 is 0 Å². The van der Waals surface area contributed by atoms with Gasteiger partial charge < -0.3 is 52.5 Å². The molecule has 0 aliphatic carbocycles. The Bertz CT molecular complexity index is 716. The van der Waals surface area contributed by atoms with Crippen molar-refractivity contribution < 1.29 is 82.5 Å². The number of esters is 1. The quantitative estimate of drug-likeness (QED) is 0.0867. The molecule has 0 amide bonds. The van der Waals surface area contributed by atoms with Crippen molar-refractivity contribution in [2.24, 2.45) is 0 Å². The van der Waals surface area contributed by atoms with Gasteiger partial charge in [0.25, 0.3) is 0 Å². The van der Waals surface area contributed by atoms with E-state index < -0.39 is 67.5 Å². The molecule has 168 valence electrons. The predicted molar refractivity (Wildman–Crippen MR) is 78.2 cm³/mol. The number of aliphatic hydroxyl groups excluding tert-OH is 4. The van der Waals surface area contributed by atoms with E-state index in [1.165, 1.54) is 0 Å². The summed E-state index contributed by atoms with van der Waals surface area (Å²) in [5, 5.41) is 35.0. The van der Waals surface area contributed by atoms with Crippen LogP contribution < -0.4 is 0 Å². The van der Waals surface area contributed by atoms with E-state index in [9.17, 15) is 4.79 Å². The number of rotatable bonds is 2. The zero-order chi connectivity index (χ0) is 22.8. The second kappa shape index (κ2) is 16.8. The summed E-state index contributed by atoms with van der Waals surface area (Å²) in [7, 11) is -15.5. The van der Waals surface area contributed by atoms with Gasteiger partial charge in [0.15, 0.2) is 11.9 Å². The Morgan fingerprint density at radius 1 is 0.828 bits per heavy atom. The van der Waals surface area contributed by atoms with E-state index in [1.807, 2.05) is 0 Å². The first-order valence-electron chi connectivity index (χ1n) is 5.20. The summed E-state index contributed by atoms with van der Waals surface area (Å²) in [4.78, 5) is 10.5. The number of cyclic esters (lactones) is 1. The summed E-state index contributed by atoms with van der Waals surface area (Å²) in [6.45, 7) is -0.671. The van der Waals surface area contributed by atoms with E-state index in [0.717, 1.165) is 0 Å². The molecule has 1 heterocycles. The topological polar surface area (TPSA) is 348 Å².